The summed E-state index contributed by atoms with van der Waals surface area (Å²) in [6.45, 7) is 0.851. The molecule has 3 radical (unpaired) electrons. The van der Waals surface area contributed by atoms with Crippen LogP contribution in [-0.2, 0) is 122 Å². The van der Waals surface area contributed by atoms with E-state index in [-0.39, 0.29) is 150 Å². The maximum atomic E-state index is 10.2. The van der Waals surface area contributed by atoms with Crippen LogP contribution in [0.5, 0.6) is 17.2 Å². The number of hydrogen-bond donors (Lipinski definition) is 1. The molecule has 1 atom stereocenters. The van der Waals surface area contributed by atoms with E-state index in [0.717, 1.165) is 11.6 Å². The fourth-order valence-corrected chi connectivity index (χ4v) is 2.14. The zero-order chi connectivity index (χ0) is 31.3. The number of ether oxygens (including phenoxy) is 6. The molecule has 0 fully saturated rings. The molecular formula is C30H46I3O10PVY3-3. The summed E-state index contributed by atoms with van der Waals surface area (Å²) in [7, 11) is 8.88. The van der Waals surface area contributed by atoms with Crippen LogP contribution in [0, 0.1) is 18.2 Å². The van der Waals surface area contributed by atoms with Crippen LogP contribution in [-0.4, -0.2) is 72.0 Å². The van der Waals surface area contributed by atoms with Crippen LogP contribution >= 0.6 is 69.2 Å². The van der Waals surface area contributed by atoms with E-state index in [1.807, 2.05) is 18.2 Å². The summed E-state index contributed by atoms with van der Waals surface area (Å²) in [6, 6.07) is 23.1. The van der Waals surface area contributed by atoms with E-state index in [4.69, 9.17) is 24.1 Å². The molecule has 0 aliphatic heterocycles. The van der Waals surface area contributed by atoms with E-state index in [1.54, 1.807) is 46.6 Å². The number of methoxy groups -OCH3 is 4. The molecule has 0 spiro atoms. The maximum absolute atomic E-state index is 10.2. The van der Waals surface area contributed by atoms with Gasteiger partial charge in [-0.05, 0) is 0 Å². The van der Waals surface area contributed by atoms with Gasteiger partial charge in [0.2, 0.25) is 0 Å². The Labute approximate surface area is 404 Å². The number of carbonyl (C=O) groups excluding carboxylic acids is 2. The number of aromatic hydroxyl groups is 1. The molecule has 0 saturated heterocycles. The van der Waals surface area contributed by atoms with Crippen LogP contribution in [0.3, 0.4) is 0 Å². The predicted molar refractivity (Wildman–Crippen MR) is 207 cm³/mol. The number of aldehydes is 2. The van der Waals surface area contributed by atoms with Gasteiger partial charge in [0.15, 0.2) is 13.6 Å². The third-order valence-corrected chi connectivity index (χ3v) is 3.97. The molecule has 3 rings (SSSR count). The Morgan fingerprint density at radius 3 is 1.27 bits per heavy atom. The summed E-state index contributed by atoms with van der Waals surface area (Å²) < 4.78 is 28.5. The SMILES string of the molecule is C.C.C.COCOC.COCOc1[c-]cc(C=O)cc1.COCOc1[c-]cc(P)cc1.O.O=Cc1c[c-]c(O)cc1.[I][V]([I])[I].[Y].[Y].[Y]. The molecule has 0 aliphatic rings. The first-order valence-corrected chi connectivity index (χ1v) is 25.2. The minimum absolute atomic E-state index is 0. The van der Waals surface area contributed by atoms with Gasteiger partial charge < -0.3 is 48.6 Å². The molecule has 0 bridgehead atoms. The maximum Gasteiger partial charge on any atom is 0 e. The first kappa shape index (κ1) is 72.0. The largest absolute Gasteiger partial charge is 0 e. The van der Waals surface area contributed by atoms with Crippen molar-refractivity contribution in [3.8, 4) is 17.2 Å². The number of phenols is 1. The van der Waals surface area contributed by atoms with Gasteiger partial charge in [0.1, 0.15) is 6.79 Å². The number of benzene rings is 3. The fraction of sp³-hybridized carbons (Fsp3) is 0.333. The van der Waals surface area contributed by atoms with Crippen LogP contribution in [0.4, 0.5) is 0 Å². The quantitative estimate of drug-likeness (QED) is 0.0733. The van der Waals surface area contributed by atoms with Gasteiger partial charge in [-0.3, -0.25) is 0 Å². The monoisotopic (exact) mass is 1300 g/mol. The second-order valence-corrected chi connectivity index (χ2v) is 42.7. The van der Waals surface area contributed by atoms with Crippen LogP contribution in [0.2, 0.25) is 0 Å². The Bertz CT molecular complexity index is 1030. The van der Waals surface area contributed by atoms with Crippen molar-refractivity contribution in [3.63, 3.8) is 0 Å². The van der Waals surface area contributed by atoms with Gasteiger partial charge in [0.25, 0.3) is 0 Å². The molecule has 0 heterocycles. The minimum Gasteiger partial charge on any atom is 0 e. The van der Waals surface area contributed by atoms with Gasteiger partial charge in [-0.25, -0.2) is 0 Å². The Morgan fingerprint density at radius 2 is 1.02 bits per heavy atom. The number of phenolic OH excluding ortho intramolecular Hbond substituents is 1. The van der Waals surface area contributed by atoms with Gasteiger partial charge in [0, 0.05) is 144 Å². The summed E-state index contributed by atoms with van der Waals surface area (Å²) in [5.74, 6) is 1.33. The van der Waals surface area contributed by atoms with Crippen molar-refractivity contribution in [2.24, 2.45) is 0 Å². The van der Waals surface area contributed by atoms with Crippen molar-refractivity contribution in [2.45, 2.75) is 22.3 Å². The molecule has 3 aromatic carbocycles. The summed E-state index contributed by atoms with van der Waals surface area (Å²) in [4.78, 5) is 20.0. The topological polar surface area (TPSA) is 141 Å². The smallest absolute Gasteiger partial charge is 0 e. The molecule has 18 heteroatoms. The molecular weight excluding hydrogens is 1250 g/mol. The third kappa shape index (κ3) is 50.8. The first-order valence-electron chi connectivity index (χ1n) is 11.1. The molecule has 0 amide bonds. The summed E-state index contributed by atoms with van der Waals surface area (Å²) in [5.41, 5.74) is 1.10. The molecule has 0 aromatic heterocycles. The van der Waals surface area contributed by atoms with Crippen molar-refractivity contribution in [2.75, 3.05) is 48.8 Å². The van der Waals surface area contributed by atoms with E-state index in [2.05, 4.69) is 96.8 Å². The van der Waals surface area contributed by atoms with Crippen molar-refractivity contribution in [1.82, 2.24) is 0 Å². The normalized spacial score (nSPS) is 7.85. The van der Waals surface area contributed by atoms with E-state index in [0.29, 0.717) is 35.7 Å². The zero-order valence-electron chi connectivity index (χ0n) is 25.1. The Hall–Kier alpha value is 2.72. The van der Waals surface area contributed by atoms with Gasteiger partial charge in [-0.15, -0.1) is 41.7 Å². The zero-order valence-corrected chi connectivity index (χ0v) is 42.6. The fourth-order valence-electron chi connectivity index (χ4n) is 1.96. The Morgan fingerprint density at radius 1 is 0.667 bits per heavy atom. The molecule has 3 aromatic rings. The third-order valence-electron chi connectivity index (χ3n) is 3.61. The van der Waals surface area contributed by atoms with Crippen molar-refractivity contribution < 1.29 is 152 Å². The minimum atomic E-state index is -0.278. The van der Waals surface area contributed by atoms with E-state index in [1.165, 1.54) is 18.2 Å². The van der Waals surface area contributed by atoms with Crippen molar-refractivity contribution >= 4 is 87.1 Å². The second-order valence-electron chi connectivity index (χ2n) is 6.70. The Kier molecular flexibility index (Phi) is 81.1. The molecule has 48 heavy (non-hydrogen) atoms. The number of rotatable bonds is 10. The Balaban J connectivity index is -0.0000000570. The average Bonchev–Trinajstić information content (AvgIpc) is 2.98. The van der Waals surface area contributed by atoms with Gasteiger partial charge in [0.05, 0.1) is 12.6 Å². The van der Waals surface area contributed by atoms with Crippen LogP contribution in [0.1, 0.15) is 43.0 Å². The average molecular weight is 1300 g/mol. The van der Waals surface area contributed by atoms with Crippen LogP contribution in [0.15, 0.2) is 54.6 Å². The predicted octanol–water partition coefficient (Wildman–Crippen LogP) is 7.22. The standard InChI is InChI=1S/C9H9O3.C8H10O2P.C7H5O2.C3H8O2.3CH4.3HI.H2O.V.3Y/c1-11-7-12-9-4-2-8(6-10)3-5-9;1-9-6-10-7-2-4-8(11)5-3-7;8-5-6-1-3-7(9)4-2-6;1-4-3-5-2;;;;;;;;;;;/h2-4,6H,7H2,1H3;2,4-5H,6,11H2,1H3;1-3,5,9H;3H2,1-2H3;3*1H4;3*1H;1H2;;;;/q3*-1;;;;;;;;;+3;;;/p-3. The number of carbonyl (C=O) groups is 2. The molecule has 0 aliphatic carbocycles. The first-order chi connectivity index (χ1) is 19.7. The summed E-state index contributed by atoms with van der Waals surface area (Å²) in [6.07, 6.45) is 1.46. The van der Waals surface area contributed by atoms with Crippen LogP contribution < -0.4 is 14.8 Å². The molecule has 269 valence electrons. The molecule has 1 unspecified atom stereocenters. The van der Waals surface area contributed by atoms with E-state index in [9.17, 15) is 9.59 Å². The van der Waals surface area contributed by atoms with E-state index < -0.39 is 0 Å². The van der Waals surface area contributed by atoms with Crippen molar-refractivity contribution in [3.05, 3.63) is 83.9 Å². The van der Waals surface area contributed by atoms with Crippen LogP contribution in [0.25, 0.3) is 0 Å². The summed E-state index contributed by atoms with van der Waals surface area (Å²) in [5, 5.41) is 9.77. The molecule has 0 saturated carbocycles. The number of hydrogen-bond acceptors (Lipinski definition) is 9. The molecule has 10 nitrogen and oxygen atoms in total. The second kappa shape index (κ2) is 54.1. The van der Waals surface area contributed by atoms with Crippen molar-refractivity contribution in [1.29, 1.82) is 0 Å². The summed E-state index contributed by atoms with van der Waals surface area (Å²) >= 11 is 7.39. The van der Waals surface area contributed by atoms with Gasteiger partial charge >= 0.3 is 64.9 Å². The van der Waals surface area contributed by atoms with Gasteiger partial charge in [-0.2, -0.15) is 45.6 Å². The number of halogens is 3. The van der Waals surface area contributed by atoms with E-state index >= 15 is 0 Å². The molecule has 3 N–H and O–H groups in total. The van der Waals surface area contributed by atoms with Gasteiger partial charge in [-0.1, -0.05) is 33.4 Å².